The SMILES string of the molecule is C[C@]1(c2cc(N=[N+]=N)ccc2F)N=C(NC(=O)O)C2(CCC2)S(O)(O)[C@@H]1F. The van der Waals surface area contributed by atoms with Crippen molar-refractivity contribution in [2.45, 2.75) is 42.0 Å². The van der Waals surface area contributed by atoms with Gasteiger partial charge in [-0.3, -0.25) is 19.4 Å². The Bertz CT molecular complexity index is 885. The summed E-state index contributed by atoms with van der Waals surface area (Å²) in [7, 11) is -4.04. The van der Waals surface area contributed by atoms with Gasteiger partial charge in [-0.2, -0.15) is 0 Å². The molecule has 1 saturated carbocycles. The molecule has 1 heterocycles. The highest BCUT2D eigenvalue weighted by Gasteiger charge is 2.64. The van der Waals surface area contributed by atoms with Gasteiger partial charge in [-0.05, 0) is 44.4 Å². The third-order valence-electron chi connectivity index (χ3n) is 5.13. The van der Waals surface area contributed by atoms with E-state index >= 15 is 4.39 Å². The van der Waals surface area contributed by atoms with Gasteiger partial charge in [-0.15, -0.1) is 10.6 Å². The maximum atomic E-state index is 15.4. The molecule has 0 unspecified atom stereocenters. The Balaban J connectivity index is 2.24. The zero-order valence-corrected chi connectivity index (χ0v) is 15.0. The smallest absolute Gasteiger partial charge is 0.410 e. The number of benzene rings is 1. The molecule has 1 spiro atoms. The lowest BCUT2D eigenvalue weighted by Gasteiger charge is -2.61. The minimum absolute atomic E-state index is 0.0400. The van der Waals surface area contributed by atoms with E-state index in [1.54, 1.807) is 0 Å². The van der Waals surface area contributed by atoms with E-state index in [9.17, 15) is 18.3 Å². The van der Waals surface area contributed by atoms with Crippen LogP contribution in [0, 0.1) is 11.3 Å². The predicted octanol–water partition coefficient (Wildman–Crippen LogP) is 3.87. The summed E-state index contributed by atoms with van der Waals surface area (Å²) in [6.45, 7) is 1.15. The van der Waals surface area contributed by atoms with E-state index in [0.717, 1.165) is 19.1 Å². The Morgan fingerprint density at radius 3 is 2.67 bits per heavy atom. The van der Waals surface area contributed by atoms with Crippen LogP contribution in [0.2, 0.25) is 0 Å². The third-order valence-corrected chi connectivity index (χ3v) is 7.92. The van der Waals surface area contributed by atoms with Crippen LogP contribution in [0.3, 0.4) is 0 Å². The summed E-state index contributed by atoms with van der Waals surface area (Å²) in [5.74, 6) is -1.17. The molecule has 1 aliphatic carbocycles. The summed E-state index contributed by atoms with van der Waals surface area (Å²) in [6.07, 6.45) is -0.638. The monoisotopic (exact) mass is 402 g/mol. The van der Waals surface area contributed by atoms with Gasteiger partial charge in [0.05, 0.1) is 0 Å². The van der Waals surface area contributed by atoms with Gasteiger partial charge in [0.1, 0.15) is 27.5 Å². The standard InChI is InChI=1S/C15H17F2N5O4S/c1-14(9-7-8(21-22-18)3-4-10(9)16)11(17)27(25,26)15(5-2-6-15)12(20-14)19-13(23)24/h3-4,7,11,18H,2,5-6H2,1H3,(H3-,19,20,23,24,25,26)/p+1/t11-,14+/m0/s1. The summed E-state index contributed by atoms with van der Waals surface area (Å²) in [6, 6.07) is 3.27. The summed E-state index contributed by atoms with van der Waals surface area (Å²) in [4.78, 5) is 18.1. The highest BCUT2D eigenvalue weighted by molar-refractivity contribution is 8.26. The maximum Gasteiger partial charge on any atom is 0.410 e. The van der Waals surface area contributed by atoms with Crippen LogP contribution in [0.25, 0.3) is 0 Å². The first kappa shape index (κ1) is 19.4. The number of hydrogen-bond donors (Lipinski definition) is 5. The first-order valence-corrected chi connectivity index (χ1v) is 9.58. The molecule has 3 rings (SSSR count). The van der Waals surface area contributed by atoms with Crippen LogP contribution in [0.4, 0.5) is 19.3 Å². The Morgan fingerprint density at radius 1 is 1.48 bits per heavy atom. The topological polar surface area (TPSA) is 152 Å². The highest BCUT2D eigenvalue weighted by Crippen LogP contribution is 2.71. The summed E-state index contributed by atoms with van der Waals surface area (Å²) in [5.41, 5.74) is 1.97. The van der Waals surface area contributed by atoms with Crippen molar-refractivity contribution in [1.82, 2.24) is 10.2 Å². The summed E-state index contributed by atoms with van der Waals surface area (Å²) < 4.78 is 49.8. The van der Waals surface area contributed by atoms with Gasteiger partial charge in [0.2, 0.25) is 10.4 Å². The molecule has 1 amide bonds. The number of hydrogen-bond acceptors (Lipinski definition) is 6. The Morgan fingerprint density at radius 2 is 2.15 bits per heavy atom. The molecular weight excluding hydrogens is 384 g/mol. The average Bonchev–Trinajstić information content (AvgIpc) is 2.53. The van der Waals surface area contributed by atoms with Crippen LogP contribution in [0.15, 0.2) is 28.3 Å². The predicted molar refractivity (Wildman–Crippen MR) is 93.6 cm³/mol. The normalized spacial score (nSPS) is 29.1. The zero-order chi connectivity index (χ0) is 20.0. The minimum Gasteiger partial charge on any atom is -0.465 e. The Kier molecular flexibility index (Phi) is 4.55. The molecule has 1 aromatic rings. The molecule has 0 radical (unpaired) electrons. The average molecular weight is 402 g/mol. The number of amidine groups is 1. The highest BCUT2D eigenvalue weighted by atomic mass is 32.3. The zero-order valence-electron chi connectivity index (χ0n) is 14.2. The van der Waals surface area contributed by atoms with Crippen molar-refractivity contribution in [2.75, 3.05) is 0 Å². The van der Waals surface area contributed by atoms with Crippen LogP contribution in [0.5, 0.6) is 0 Å². The first-order chi connectivity index (χ1) is 12.6. The Labute approximate surface area is 154 Å². The third kappa shape index (κ3) is 2.72. The van der Waals surface area contributed by atoms with Crippen molar-refractivity contribution in [3.05, 3.63) is 29.6 Å². The molecule has 9 nitrogen and oxygen atoms in total. The van der Waals surface area contributed by atoms with Crippen LogP contribution in [0.1, 0.15) is 31.7 Å². The maximum absolute atomic E-state index is 15.4. The molecule has 2 atom stereocenters. The molecule has 146 valence electrons. The fourth-order valence-corrected chi connectivity index (χ4v) is 6.01. The molecule has 27 heavy (non-hydrogen) atoms. The van der Waals surface area contributed by atoms with Crippen molar-refractivity contribution in [2.24, 2.45) is 10.1 Å². The van der Waals surface area contributed by atoms with Crippen LogP contribution in [-0.4, -0.2) is 36.4 Å². The van der Waals surface area contributed by atoms with E-state index < -0.39 is 38.3 Å². The number of rotatable bonds is 2. The molecule has 0 bridgehead atoms. The van der Waals surface area contributed by atoms with Gasteiger partial charge in [0, 0.05) is 5.56 Å². The van der Waals surface area contributed by atoms with E-state index in [4.69, 9.17) is 10.6 Å². The van der Waals surface area contributed by atoms with Crippen molar-refractivity contribution < 1.29 is 27.8 Å². The van der Waals surface area contributed by atoms with Crippen molar-refractivity contribution in [3.8, 4) is 0 Å². The van der Waals surface area contributed by atoms with E-state index in [0.29, 0.717) is 6.42 Å². The quantitative estimate of drug-likeness (QED) is 0.376. The second-order valence-electron chi connectivity index (χ2n) is 6.66. The van der Waals surface area contributed by atoms with Gasteiger partial charge < -0.3 is 5.11 Å². The van der Waals surface area contributed by atoms with Gasteiger partial charge in [-0.25, -0.2) is 13.6 Å². The number of halogens is 2. The number of amides is 1. The lowest BCUT2D eigenvalue weighted by atomic mass is 9.81. The summed E-state index contributed by atoms with van der Waals surface area (Å²) in [5, 5.41) is 14.6. The number of nitrogens with zero attached hydrogens (tertiary/aromatic N) is 3. The van der Waals surface area contributed by atoms with Crippen LogP contribution < -0.4 is 10.2 Å². The van der Waals surface area contributed by atoms with Gasteiger partial charge in [-0.1, -0.05) is 0 Å². The van der Waals surface area contributed by atoms with Crippen LogP contribution in [-0.2, 0) is 5.54 Å². The van der Waals surface area contributed by atoms with E-state index in [1.807, 2.05) is 5.32 Å². The molecule has 0 saturated heterocycles. The van der Waals surface area contributed by atoms with Gasteiger partial charge >= 0.3 is 6.09 Å². The Hall–Kier alpha value is -2.40. The molecule has 1 aromatic carbocycles. The lowest BCUT2D eigenvalue weighted by molar-refractivity contribution is 0.196. The second kappa shape index (κ2) is 6.34. The number of alkyl halides is 1. The van der Waals surface area contributed by atoms with E-state index in [-0.39, 0.29) is 29.9 Å². The van der Waals surface area contributed by atoms with Gasteiger partial charge in [0.15, 0.2) is 10.8 Å². The fourth-order valence-electron chi connectivity index (χ4n) is 3.53. The van der Waals surface area contributed by atoms with Crippen LogP contribution >= 0.6 is 10.6 Å². The molecule has 1 aliphatic heterocycles. The second-order valence-corrected chi connectivity index (χ2v) is 9.04. The number of aliphatic imine (C=N–C) groups is 1. The number of nitrogens with one attached hydrogen (secondary N) is 2. The molecule has 1 fully saturated rings. The minimum atomic E-state index is -4.04. The molecule has 12 heteroatoms. The molecular formula is C15H18F2N5O4S+. The molecule has 5 N–H and O–H groups in total. The van der Waals surface area contributed by atoms with E-state index in [1.165, 1.54) is 6.07 Å². The molecule has 0 aromatic heterocycles. The van der Waals surface area contributed by atoms with Crippen molar-refractivity contribution >= 4 is 28.2 Å². The summed E-state index contributed by atoms with van der Waals surface area (Å²) >= 11 is 0. The first-order valence-electron chi connectivity index (χ1n) is 7.97. The number of carbonyl (C=O) groups is 1. The van der Waals surface area contributed by atoms with Crippen molar-refractivity contribution in [3.63, 3.8) is 0 Å². The largest absolute Gasteiger partial charge is 0.465 e. The lowest BCUT2D eigenvalue weighted by Crippen LogP contribution is -2.63. The molecule has 2 aliphatic rings. The van der Waals surface area contributed by atoms with E-state index in [2.05, 4.69) is 15.0 Å². The van der Waals surface area contributed by atoms with Gasteiger partial charge in [0.25, 0.3) is 0 Å². The van der Waals surface area contributed by atoms with Crippen molar-refractivity contribution in [1.29, 1.82) is 5.53 Å². The fraction of sp³-hybridized carbons (Fsp3) is 0.467. The number of carboxylic acid groups (broad SMARTS) is 1.